The molecule has 1 aromatic heterocycles. The molecule has 25 heavy (non-hydrogen) atoms. The summed E-state index contributed by atoms with van der Waals surface area (Å²) in [5.41, 5.74) is 4.55. The van der Waals surface area contributed by atoms with Gasteiger partial charge in [0.05, 0.1) is 23.3 Å². The van der Waals surface area contributed by atoms with Gasteiger partial charge in [-0.05, 0) is 35.4 Å². The van der Waals surface area contributed by atoms with Gasteiger partial charge in [-0.25, -0.2) is 0 Å². The van der Waals surface area contributed by atoms with E-state index in [9.17, 15) is 10.5 Å². The van der Waals surface area contributed by atoms with Crippen LogP contribution in [0.1, 0.15) is 22.5 Å². The highest BCUT2D eigenvalue weighted by Gasteiger charge is 2.03. The van der Waals surface area contributed by atoms with Crippen LogP contribution < -0.4 is 0 Å². The fourth-order valence-electron chi connectivity index (χ4n) is 2.50. The molecule has 0 saturated carbocycles. The van der Waals surface area contributed by atoms with Crippen molar-refractivity contribution >= 4 is 23.3 Å². The van der Waals surface area contributed by atoms with Crippen molar-refractivity contribution in [1.82, 2.24) is 4.98 Å². The van der Waals surface area contributed by atoms with E-state index in [1.54, 1.807) is 12.2 Å². The van der Waals surface area contributed by atoms with E-state index in [4.69, 9.17) is 0 Å². The third-order valence-electron chi connectivity index (χ3n) is 3.74. The average molecular weight is 321 g/mol. The molecule has 3 heteroatoms. The van der Waals surface area contributed by atoms with Crippen LogP contribution in [0.3, 0.4) is 0 Å². The molecule has 1 heterocycles. The first kappa shape index (κ1) is 16.1. The maximum absolute atomic E-state index is 9.39. The van der Waals surface area contributed by atoms with E-state index in [1.165, 1.54) is 0 Å². The lowest BCUT2D eigenvalue weighted by Gasteiger charge is -1.98. The normalized spacial score (nSPS) is 11.6. The molecule has 0 bridgehead atoms. The van der Waals surface area contributed by atoms with E-state index in [1.807, 2.05) is 72.8 Å². The van der Waals surface area contributed by atoms with Crippen LogP contribution >= 0.6 is 0 Å². The van der Waals surface area contributed by atoms with E-state index < -0.39 is 0 Å². The first-order chi connectivity index (χ1) is 12.3. The van der Waals surface area contributed by atoms with Gasteiger partial charge in [0.1, 0.15) is 0 Å². The molecule has 3 rings (SSSR count). The third kappa shape index (κ3) is 3.93. The standard InChI is InChI=1S/C22H15N3/c23-15-19(17-7-3-1-4-8-17)13-21-11-12-22(25-21)14-20(16-24)18-9-5-2-6-10-18/h1-14,25H/b19-13-,20-14-. The number of allylic oxidation sites excluding steroid dienone is 2. The summed E-state index contributed by atoms with van der Waals surface area (Å²) in [6, 6.07) is 27.3. The van der Waals surface area contributed by atoms with E-state index in [2.05, 4.69) is 17.1 Å². The van der Waals surface area contributed by atoms with Crippen LogP contribution in [0.25, 0.3) is 23.3 Å². The van der Waals surface area contributed by atoms with Gasteiger partial charge in [0, 0.05) is 11.4 Å². The van der Waals surface area contributed by atoms with Gasteiger partial charge in [-0.15, -0.1) is 0 Å². The van der Waals surface area contributed by atoms with Gasteiger partial charge in [-0.3, -0.25) is 0 Å². The monoisotopic (exact) mass is 321 g/mol. The number of hydrogen-bond acceptors (Lipinski definition) is 2. The molecule has 0 amide bonds. The quantitative estimate of drug-likeness (QED) is 0.676. The summed E-state index contributed by atoms with van der Waals surface area (Å²) in [6.07, 6.45) is 3.61. The van der Waals surface area contributed by atoms with Crippen molar-refractivity contribution in [2.45, 2.75) is 0 Å². The predicted molar refractivity (Wildman–Crippen MR) is 101 cm³/mol. The molecule has 3 aromatic rings. The van der Waals surface area contributed by atoms with Crippen LogP contribution in [0.15, 0.2) is 72.8 Å². The van der Waals surface area contributed by atoms with Crippen LogP contribution in [0.5, 0.6) is 0 Å². The highest BCUT2D eigenvalue weighted by molar-refractivity contribution is 5.91. The molecule has 0 saturated heterocycles. The van der Waals surface area contributed by atoms with Gasteiger partial charge >= 0.3 is 0 Å². The highest BCUT2D eigenvalue weighted by Crippen LogP contribution is 2.20. The minimum Gasteiger partial charge on any atom is -0.355 e. The van der Waals surface area contributed by atoms with Crippen molar-refractivity contribution < 1.29 is 0 Å². The zero-order chi connectivity index (χ0) is 17.5. The largest absolute Gasteiger partial charge is 0.355 e. The van der Waals surface area contributed by atoms with Gasteiger partial charge in [-0.2, -0.15) is 10.5 Å². The number of H-pyrrole nitrogens is 1. The number of nitrogens with zero attached hydrogens (tertiary/aromatic N) is 2. The lowest BCUT2D eigenvalue weighted by Crippen LogP contribution is -1.83. The topological polar surface area (TPSA) is 63.4 Å². The minimum absolute atomic E-state index is 0.585. The molecule has 0 spiro atoms. The van der Waals surface area contributed by atoms with Crippen LogP contribution in [0.4, 0.5) is 0 Å². The Hall–Kier alpha value is -3.82. The summed E-state index contributed by atoms with van der Waals surface area (Å²) < 4.78 is 0. The number of benzene rings is 2. The zero-order valence-corrected chi connectivity index (χ0v) is 13.5. The Bertz CT molecular complexity index is 913. The number of rotatable bonds is 4. The number of nitriles is 2. The Kier molecular flexibility index (Phi) is 4.90. The fourth-order valence-corrected chi connectivity index (χ4v) is 2.50. The molecule has 0 unspecified atom stereocenters. The molecule has 118 valence electrons. The SMILES string of the molecule is N#C/C(=C/c1ccc(/C=C(/C#N)c2ccccc2)[nH]1)c1ccccc1. The molecule has 2 aromatic carbocycles. The molecule has 0 radical (unpaired) electrons. The molecular weight excluding hydrogens is 306 g/mol. The van der Waals surface area contributed by atoms with Crippen molar-refractivity contribution in [3.63, 3.8) is 0 Å². The molecule has 0 atom stereocenters. The second kappa shape index (κ2) is 7.64. The molecular formula is C22H15N3. The van der Waals surface area contributed by atoms with E-state index in [-0.39, 0.29) is 0 Å². The van der Waals surface area contributed by atoms with Crippen molar-refractivity contribution in [3.8, 4) is 12.1 Å². The molecule has 0 aliphatic carbocycles. The van der Waals surface area contributed by atoms with Gasteiger partial charge in [-0.1, -0.05) is 60.7 Å². The average Bonchev–Trinajstić information content (AvgIpc) is 3.12. The second-order valence-electron chi connectivity index (χ2n) is 5.44. The molecule has 3 nitrogen and oxygen atoms in total. The van der Waals surface area contributed by atoms with Gasteiger partial charge < -0.3 is 4.98 Å². The van der Waals surface area contributed by atoms with Gasteiger partial charge in [0.2, 0.25) is 0 Å². The first-order valence-corrected chi connectivity index (χ1v) is 7.83. The molecule has 0 fully saturated rings. The Morgan fingerprint density at radius 3 is 1.40 bits per heavy atom. The summed E-state index contributed by atoms with van der Waals surface area (Å²) in [5, 5.41) is 18.8. The third-order valence-corrected chi connectivity index (χ3v) is 3.74. The Morgan fingerprint density at radius 2 is 1.04 bits per heavy atom. The van der Waals surface area contributed by atoms with Crippen LogP contribution in [0, 0.1) is 22.7 Å². The summed E-state index contributed by atoms with van der Waals surface area (Å²) in [7, 11) is 0. The summed E-state index contributed by atoms with van der Waals surface area (Å²) in [6.45, 7) is 0. The van der Waals surface area contributed by atoms with E-state index >= 15 is 0 Å². The Labute approximate surface area is 146 Å². The van der Waals surface area contributed by atoms with Crippen molar-refractivity contribution in [3.05, 3.63) is 95.3 Å². The van der Waals surface area contributed by atoms with Crippen LogP contribution in [0.2, 0.25) is 0 Å². The van der Waals surface area contributed by atoms with Gasteiger partial charge in [0.15, 0.2) is 0 Å². The Morgan fingerprint density at radius 1 is 0.640 bits per heavy atom. The maximum Gasteiger partial charge on any atom is 0.0998 e. The zero-order valence-electron chi connectivity index (χ0n) is 13.5. The smallest absolute Gasteiger partial charge is 0.0998 e. The summed E-state index contributed by atoms with van der Waals surface area (Å²) in [4.78, 5) is 3.23. The second-order valence-corrected chi connectivity index (χ2v) is 5.44. The minimum atomic E-state index is 0.585. The van der Waals surface area contributed by atoms with Crippen molar-refractivity contribution in [2.75, 3.05) is 0 Å². The van der Waals surface area contributed by atoms with Crippen LogP contribution in [-0.4, -0.2) is 4.98 Å². The summed E-state index contributed by atoms with van der Waals surface area (Å²) in [5.74, 6) is 0. The lowest BCUT2D eigenvalue weighted by atomic mass is 10.1. The highest BCUT2D eigenvalue weighted by atomic mass is 14.7. The van der Waals surface area contributed by atoms with Gasteiger partial charge in [0.25, 0.3) is 0 Å². The Balaban J connectivity index is 1.90. The number of nitrogens with one attached hydrogen (secondary N) is 1. The molecule has 0 aliphatic heterocycles. The molecule has 0 aliphatic rings. The van der Waals surface area contributed by atoms with E-state index in [0.29, 0.717) is 11.1 Å². The molecule has 1 N–H and O–H groups in total. The fraction of sp³-hybridized carbons (Fsp3) is 0. The van der Waals surface area contributed by atoms with Crippen LogP contribution in [-0.2, 0) is 0 Å². The lowest BCUT2D eigenvalue weighted by molar-refractivity contribution is 1.34. The predicted octanol–water partition coefficient (Wildman–Crippen LogP) is 5.14. The summed E-state index contributed by atoms with van der Waals surface area (Å²) >= 11 is 0. The first-order valence-electron chi connectivity index (χ1n) is 7.83. The number of aromatic amines is 1. The maximum atomic E-state index is 9.39. The van der Waals surface area contributed by atoms with Crippen molar-refractivity contribution in [2.24, 2.45) is 0 Å². The van der Waals surface area contributed by atoms with Crippen molar-refractivity contribution in [1.29, 1.82) is 10.5 Å². The van der Waals surface area contributed by atoms with E-state index in [0.717, 1.165) is 22.5 Å². The number of hydrogen-bond donors (Lipinski definition) is 1. The number of aromatic nitrogens is 1.